The maximum Gasteiger partial charge on any atom is 0.344 e. The quantitative estimate of drug-likeness (QED) is 0.774. The third-order valence-corrected chi connectivity index (χ3v) is 2.74. The van der Waals surface area contributed by atoms with Gasteiger partial charge in [-0.05, 0) is 26.7 Å². The molecule has 108 valence electrons. The summed E-state index contributed by atoms with van der Waals surface area (Å²) >= 11 is 0. The maximum absolute atomic E-state index is 11.7. The number of esters is 1. The zero-order valence-corrected chi connectivity index (χ0v) is 11.2. The molecule has 1 aliphatic carbocycles. The molecule has 0 aromatic carbocycles. The van der Waals surface area contributed by atoms with Crippen molar-refractivity contribution in [3.8, 4) is 0 Å². The van der Waals surface area contributed by atoms with E-state index >= 15 is 0 Å². The molecule has 2 N–H and O–H groups in total. The van der Waals surface area contributed by atoms with Crippen molar-refractivity contribution in [2.45, 2.75) is 32.7 Å². The van der Waals surface area contributed by atoms with Crippen LogP contribution in [0.15, 0.2) is 4.52 Å². The molecule has 1 heterocycles. The summed E-state index contributed by atoms with van der Waals surface area (Å²) in [5, 5.41) is 8.27. The van der Waals surface area contributed by atoms with Gasteiger partial charge in [0.25, 0.3) is 5.91 Å². The van der Waals surface area contributed by atoms with Crippen molar-refractivity contribution in [2.75, 3.05) is 6.61 Å². The Bertz CT molecular complexity index is 528. The fourth-order valence-corrected chi connectivity index (χ4v) is 1.59. The van der Waals surface area contributed by atoms with E-state index in [1.54, 1.807) is 13.8 Å². The molecule has 2 rings (SSSR count). The minimum Gasteiger partial charge on any atom is -0.452 e. The molecule has 1 fully saturated rings. The fraction of sp³-hybridized carbons (Fsp3) is 0.500. The predicted molar refractivity (Wildman–Crippen MR) is 66.0 cm³/mol. The summed E-state index contributed by atoms with van der Waals surface area (Å²) in [6.45, 7) is 2.62. The van der Waals surface area contributed by atoms with E-state index in [0.29, 0.717) is 11.5 Å². The maximum atomic E-state index is 11.7. The first kappa shape index (κ1) is 14.0. The Labute approximate surface area is 114 Å². The van der Waals surface area contributed by atoms with Crippen LogP contribution in [0.1, 0.15) is 34.7 Å². The van der Waals surface area contributed by atoms with Gasteiger partial charge < -0.3 is 14.6 Å². The predicted octanol–water partition coefficient (Wildman–Crippen LogP) is 0.436. The fourth-order valence-electron chi connectivity index (χ4n) is 1.59. The Hall–Kier alpha value is -2.38. The molecule has 0 atom stereocenters. The molecule has 1 saturated carbocycles. The van der Waals surface area contributed by atoms with Crippen LogP contribution in [0.25, 0.3) is 0 Å². The van der Waals surface area contributed by atoms with Crippen molar-refractivity contribution < 1.29 is 23.6 Å². The molecule has 1 aromatic heterocycles. The molecule has 3 amide bonds. The Balaban J connectivity index is 1.78. The summed E-state index contributed by atoms with van der Waals surface area (Å²) in [7, 11) is 0. The van der Waals surface area contributed by atoms with E-state index in [1.807, 2.05) is 0 Å². The van der Waals surface area contributed by atoms with E-state index in [0.717, 1.165) is 12.8 Å². The highest BCUT2D eigenvalue weighted by Crippen LogP contribution is 2.18. The first-order chi connectivity index (χ1) is 9.47. The van der Waals surface area contributed by atoms with Gasteiger partial charge in [0.15, 0.2) is 6.61 Å². The van der Waals surface area contributed by atoms with Crippen LogP contribution in [-0.4, -0.2) is 35.7 Å². The van der Waals surface area contributed by atoms with Crippen molar-refractivity contribution in [3.63, 3.8) is 0 Å². The summed E-state index contributed by atoms with van der Waals surface area (Å²) in [5.74, 6) is -1.08. The number of carbonyl (C=O) groups excluding carboxylic acids is 3. The number of rotatable bonds is 4. The number of aryl methyl sites for hydroxylation is 2. The Kier molecular flexibility index (Phi) is 4.02. The van der Waals surface area contributed by atoms with Crippen LogP contribution in [0.4, 0.5) is 4.79 Å². The number of carbonyl (C=O) groups is 3. The standard InChI is InChI=1S/C12H15N3O5/c1-6-10(7(2)20-15-6)11(17)19-5-9(16)14-12(18)13-8-3-4-8/h8H,3-5H2,1-2H3,(H2,13,14,16,18). The van der Waals surface area contributed by atoms with E-state index in [1.165, 1.54) is 0 Å². The van der Waals surface area contributed by atoms with Crippen molar-refractivity contribution in [1.82, 2.24) is 15.8 Å². The number of aromatic nitrogens is 1. The molecule has 0 unspecified atom stereocenters. The van der Waals surface area contributed by atoms with Crippen molar-refractivity contribution in [3.05, 3.63) is 17.0 Å². The van der Waals surface area contributed by atoms with Crippen LogP contribution >= 0.6 is 0 Å². The highest BCUT2D eigenvalue weighted by atomic mass is 16.5. The summed E-state index contributed by atoms with van der Waals surface area (Å²) in [4.78, 5) is 34.4. The lowest BCUT2D eigenvalue weighted by molar-refractivity contribution is -0.123. The average Bonchev–Trinajstić information content (AvgIpc) is 3.11. The Morgan fingerprint density at radius 2 is 2.05 bits per heavy atom. The van der Waals surface area contributed by atoms with Gasteiger partial charge in [-0.15, -0.1) is 0 Å². The topological polar surface area (TPSA) is 111 Å². The number of nitrogens with zero attached hydrogens (tertiary/aromatic N) is 1. The molecule has 20 heavy (non-hydrogen) atoms. The number of imide groups is 1. The molecule has 8 heteroatoms. The van der Waals surface area contributed by atoms with Crippen molar-refractivity contribution in [1.29, 1.82) is 0 Å². The molecular weight excluding hydrogens is 266 g/mol. The summed E-state index contributed by atoms with van der Waals surface area (Å²) in [6.07, 6.45) is 1.84. The normalized spacial score (nSPS) is 13.7. The number of urea groups is 1. The van der Waals surface area contributed by atoms with Crippen LogP contribution in [0, 0.1) is 13.8 Å². The van der Waals surface area contributed by atoms with Crippen molar-refractivity contribution in [2.24, 2.45) is 0 Å². The van der Waals surface area contributed by atoms with Gasteiger partial charge in [0.1, 0.15) is 11.3 Å². The molecular formula is C12H15N3O5. The minimum atomic E-state index is -0.709. The second-order valence-corrected chi connectivity index (χ2v) is 4.57. The SMILES string of the molecule is Cc1noc(C)c1C(=O)OCC(=O)NC(=O)NC1CC1. The highest BCUT2D eigenvalue weighted by molar-refractivity contribution is 5.97. The number of hydrogen-bond acceptors (Lipinski definition) is 6. The van der Waals surface area contributed by atoms with Gasteiger partial charge in [0.05, 0.1) is 5.69 Å². The van der Waals surface area contributed by atoms with E-state index in [2.05, 4.69) is 15.8 Å². The average molecular weight is 281 g/mol. The van der Waals surface area contributed by atoms with E-state index in [4.69, 9.17) is 9.26 Å². The van der Waals surface area contributed by atoms with Gasteiger partial charge in [-0.1, -0.05) is 5.16 Å². The first-order valence-electron chi connectivity index (χ1n) is 6.17. The van der Waals surface area contributed by atoms with Crippen LogP contribution in [0.5, 0.6) is 0 Å². The summed E-state index contributed by atoms with van der Waals surface area (Å²) in [6, 6.07) is -0.432. The van der Waals surface area contributed by atoms with Gasteiger partial charge in [-0.3, -0.25) is 10.1 Å². The molecule has 0 spiro atoms. The van der Waals surface area contributed by atoms with Gasteiger partial charge >= 0.3 is 12.0 Å². The smallest absolute Gasteiger partial charge is 0.344 e. The Morgan fingerprint density at radius 3 is 2.60 bits per heavy atom. The zero-order valence-electron chi connectivity index (χ0n) is 11.2. The lowest BCUT2D eigenvalue weighted by atomic mass is 10.2. The van der Waals surface area contributed by atoms with Gasteiger partial charge in [-0.2, -0.15) is 0 Å². The molecule has 1 aliphatic rings. The first-order valence-corrected chi connectivity index (χ1v) is 6.17. The molecule has 0 saturated heterocycles. The number of amides is 3. The summed E-state index contributed by atoms with van der Waals surface area (Å²) < 4.78 is 9.62. The minimum absolute atomic E-state index is 0.146. The molecule has 0 bridgehead atoms. The Morgan fingerprint density at radius 1 is 1.35 bits per heavy atom. The monoisotopic (exact) mass is 281 g/mol. The van der Waals surface area contributed by atoms with Gasteiger partial charge in [0.2, 0.25) is 0 Å². The zero-order chi connectivity index (χ0) is 14.7. The third-order valence-electron chi connectivity index (χ3n) is 2.74. The molecule has 0 radical (unpaired) electrons. The van der Waals surface area contributed by atoms with E-state index in [9.17, 15) is 14.4 Å². The van der Waals surface area contributed by atoms with Crippen LogP contribution < -0.4 is 10.6 Å². The summed E-state index contributed by atoms with van der Waals surface area (Å²) in [5.41, 5.74) is 0.583. The molecule has 0 aliphatic heterocycles. The number of hydrogen-bond donors (Lipinski definition) is 2. The number of nitrogens with one attached hydrogen (secondary N) is 2. The largest absolute Gasteiger partial charge is 0.452 e. The van der Waals surface area contributed by atoms with Crippen molar-refractivity contribution >= 4 is 17.9 Å². The van der Waals surface area contributed by atoms with Crippen LogP contribution in [0.3, 0.4) is 0 Å². The second-order valence-electron chi connectivity index (χ2n) is 4.57. The molecule has 1 aromatic rings. The van der Waals surface area contributed by atoms with Crippen LogP contribution in [0.2, 0.25) is 0 Å². The lowest BCUT2D eigenvalue weighted by Gasteiger charge is -2.06. The van der Waals surface area contributed by atoms with Crippen LogP contribution in [-0.2, 0) is 9.53 Å². The van der Waals surface area contributed by atoms with Gasteiger partial charge in [-0.25, -0.2) is 9.59 Å². The number of ether oxygens (including phenoxy) is 1. The third kappa shape index (κ3) is 3.56. The van der Waals surface area contributed by atoms with E-state index in [-0.39, 0.29) is 11.6 Å². The second kappa shape index (κ2) is 5.72. The molecule has 8 nitrogen and oxygen atoms in total. The van der Waals surface area contributed by atoms with Gasteiger partial charge in [0, 0.05) is 6.04 Å². The lowest BCUT2D eigenvalue weighted by Crippen LogP contribution is -2.42. The highest BCUT2D eigenvalue weighted by Gasteiger charge is 2.24. The van der Waals surface area contributed by atoms with E-state index < -0.39 is 24.5 Å².